The number of ether oxygens (including phenoxy) is 2. The fraction of sp³-hybridized carbons (Fsp3) is 0.160. The number of hydrogen-bond acceptors (Lipinski definition) is 8. The molecule has 34 heavy (non-hydrogen) atoms. The summed E-state index contributed by atoms with van der Waals surface area (Å²) in [4.78, 5) is 43.1. The Morgan fingerprint density at radius 1 is 1.06 bits per heavy atom. The third-order valence-electron chi connectivity index (χ3n) is 5.27. The minimum Gasteiger partial charge on any atom is -0.497 e. The first-order valence-corrected chi connectivity index (χ1v) is 11.1. The number of hydrogen-bond donors (Lipinski definition) is 0. The summed E-state index contributed by atoms with van der Waals surface area (Å²) in [6.07, 6.45) is -0.0262. The summed E-state index contributed by atoms with van der Waals surface area (Å²) in [5, 5.41) is 9.20. The molecular weight excluding hydrogens is 454 g/mol. The number of pyridine rings is 1. The van der Waals surface area contributed by atoms with Crippen LogP contribution in [0.15, 0.2) is 65.7 Å². The molecule has 4 rings (SSSR count). The topological polar surface area (TPSA) is 110 Å². The number of carbonyl (C=O) groups is 3. The zero-order chi connectivity index (χ0) is 24.2. The van der Waals surface area contributed by atoms with Crippen LogP contribution in [0, 0.1) is 11.3 Å². The van der Waals surface area contributed by atoms with Gasteiger partial charge in [-0.15, -0.1) is 0 Å². The van der Waals surface area contributed by atoms with Gasteiger partial charge in [-0.1, -0.05) is 11.8 Å². The van der Waals surface area contributed by atoms with E-state index in [2.05, 4.69) is 15.8 Å². The van der Waals surface area contributed by atoms with E-state index in [9.17, 15) is 19.6 Å². The Morgan fingerprint density at radius 3 is 2.38 bits per heavy atom. The van der Waals surface area contributed by atoms with E-state index in [1.165, 1.54) is 31.4 Å². The second-order valence-electron chi connectivity index (χ2n) is 7.31. The largest absolute Gasteiger partial charge is 0.497 e. The molecule has 1 aliphatic rings. The number of imide groups is 1. The third-order valence-corrected chi connectivity index (χ3v) is 6.46. The van der Waals surface area contributed by atoms with Crippen LogP contribution in [0.4, 0.5) is 5.69 Å². The monoisotopic (exact) mass is 473 g/mol. The van der Waals surface area contributed by atoms with Crippen molar-refractivity contribution >= 4 is 35.2 Å². The molecule has 1 aliphatic heterocycles. The molecule has 3 aromatic rings. The van der Waals surface area contributed by atoms with Gasteiger partial charge in [0.2, 0.25) is 11.8 Å². The lowest BCUT2D eigenvalue weighted by Crippen LogP contribution is -2.31. The molecule has 1 fully saturated rings. The van der Waals surface area contributed by atoms with E-state index in [1.54, 1.807) is 19.2 Å². The van der Waals surface area contributed by atoms with Gasteiger partial charge >= 0.3 is 5.97 Å². The predicted octanol–water partition coefficient (Wildman–Crippen LogP) is 3.84. The molecule has 9 heteroatoms. The van der Waals surface area contributed by atoms with Crippen LogP contribution in [-0.4, -0.2) is 42.2 Å². The summed E-state index contributed by atoms with van der Waals surface area (Å²) in [6.45, 7) is 0. The Bertz CT molecular complexity index is 1300. The standard InChI is InChI=1S/C25H19N3O5S/c1-32-19-10-5-15(6-11-19)20-12-7-17(14-26)23(27-20)34-21-13-22(29)28(24(21)30)18-8-3-16(4-9-18)25(31)33-2/h3-12,21H,13H2,1-2H3. The molecule has 0 saturated carbocycles. The Labute approximate surface area is 200 Å². The molecule has 8 nitrogen and oxygen atoms in total. The van der Waals surface area contributed by atoms with Gasteiger partial charge in [0.1, 0.15) is 16.8 Å². The minimum atomic E-state index is -0.724. The van der Waals surface area contributed by atoms with Crippen LogP contribution >= 0.6 is 11.8 Å². The van der Waals surface area contributed by atoms with Crippen molar-refractivity contribution in [3.8, 4) is 23.1 Å². The molecule has 1 aromatic heterocycles. The fourth-order valence-corrected chi connectivity index (χ4v) is 4.60. The van der Waals surface area contributed by atoms with Crippen LogP contribution < -0.4 is 9.64 Å². The minimum absolute atomic E-state index is 0.0262. The predicted molar refractivity (Wildman–Crippen MR) is 125 cm³/mol. The molecule has 2 aromatic carbocycles. The lowest BCUT2D eigenvalue weighted by molar-refractivity contribution is -0.121. The zero-order valence-electron chi connectivity index (χ0n) is 18.3. The van der Waals surface area contributed by atoms with Gasteiger partial charge in [0.15, 0.2) is 0 Å². The molecule has 0 radical (unpaired) electrons. The van der Waals surface area contributed by atoms with Gasteiger partial charge in [-0.3, -0.25) is 9.59 Å². The van der Waals surface area contributed by atoms with Crippen molar-refractivity contribution in [1.82, 2.24) is 4.98 Å². The molecule has 0 bridgehead atoms. The molecule has 1 saturated heterocycles. The maximum atomic E-state index is 13.1. The molecule has 0 N–H and O–H groups in total. The number of nitrogens with zero attached hydrogens (tertiary/aromatic N) is 3. The van der Waals surface area contributed by atoms with Crippen molar-refractivity contribution in [3.05, 3.63) is 71.8 Å². The van der Waals surface area contributed by atoms with Crippen LogP contribution in [0.2, 0.25) is 0 Å². The average Bonchev–Trinajstić information content (AvgIpc) is 3.16. The number of rotatable bonds is 6. The smallest absolute Gasteiger partial charge is 0.337 e. The second-order valence-corrected chi connectivity index (χ2v) is 8.50. The number of thioether (sulfide) groups is 1. The number of amides is 2. The third kappa shape index (κ3) is 4.49. The Kier molecular flexibility index (Phi) is 6.61. The summed E-state index contributed by atoms with van der Waals surface area (Å²) in [5.74, 6) is -0.563. The second kappa shape index (κ2) is 9.77. The molecular formula is C25H19N3O5S. The highest BCUT2D eigenvalue weighted by Crippen LogP contribution is 2.35. The van der Waals surface area contributed by atoms with Crippen LogP contribution in [0.25, 0.3) is 11.3 Å². The quantitative estimate of drug-likeness (QED) is 0.392. The molecule has 1 unspecified atom stereocenters. The fourth-order valence-electron chi connectivity index (χ4n) is 3.50. The number of benzene rings is 2. The van der Waals surface area contributed by atoms with Gasteiger partial charge in [-0.05, 0) is 60.7 Å². The van der Waals surface area contributed by atoms with Crippen LogP contribution in [0.1, 0.15) is 22.3 Å². The first-order chi connectivity index (χ1) is 16.4. The number of esters is 1. The molecule has 170 valence electrons. The van der Waals surface area contributed by atoms with E-state index >= 15 is 0 Å². The van der Waals surface area contributed by atoms with Gasteiger partial charge < -0.3 is 9.47 Å². The highest BCUT2D eigenvalue weighted by molar-refractivity contribution is 8.00. The van der Waals surface area contributed by atoms with Crippen molar-refractivity contribution in [3.63, 3.8) is 0 Å². The van der Waals surface area contributed by atoms with E-state index in [0.29, 0.717) is 33.3 Å². The Morgan fingerprint density at radius 2 is 1.76 bits per heavy atom. The maximum absolute atomic E-state index is 13.1. The average molecular weight is 474 g/mol. The first-order valence-electron chi connectivity index (χ1n) is 10.2. The van der Waals surface area contributed by atoms with E-state index in [-0.39, 0.29) is 12.3 Å². The van der Waals surface area contributed by atoms with Crippen molar-refractivity contribution in [2.75, 3.05) is 19.1 Å². The number of anilines is 1. The van der Waals surface area contributed by atoms with E-state index in [4.69, 9.17) is 4.74 Å². The summed E-state index contributed by atoms with van der Waals surface area (Å²) >= 11 is 1.10. The SMILES string of the molecule is COC(=O)c1ccc(N2C(=O)CC(Sc3nc(-c4ccc(OC)cc4)ccc3C#N)C2=O)cc1. The maximum Gasteiger partial charge on any atom is 0.337 e. The molecule has 0 aliphatic carbocycles. The van der Waals surface area contributed by atoms with Gasteiger partial charge in [0, 0.05) is 12.0 Å². The van der Waals surface area contributed by atoms with E-state index < -0.39 is 17.1 Å². The molecule has 2 heterocycles. The van der Waals surface area contributed by atoms with Crippen LogP contribution in [0.3, 0.4) is 0 Å². The number of aromatic nitrogens is 1. The van der Waals surface area contributed by atoms with Gasteiger partial charge in [-0.2, -0.15) is 5.26 Å². The molecule has 1 atom stereocenters. The van der Waals surface area contributed by atoms with Gasteiger partial charge in [0.05, 0.1) is 42.0 Å². The lowest BCUT2D eigenvalue weighted by atomic mass is 10.1. The van der Waals surface area contributed by atoms with Crippen molar-refractivity contribution < 1.29 is 23.9 Å². The van der Waals surface area contributed by atoms with E-state index in [0.717, 1.165) is 22.2 Å². The number of carbonyl (C=O) groups excluding carboxylic acids is 3. The zero-order valence-corrected chi connectivity index (χ0v) is 19.2. The summed E-state index contributed by atoms with van der Waals surface area (Å²) < 4.78 is 9.85. The van der Waals surface area contributed by atoms with Gasteiger partial charge in [0.25, 0.3) is 0 Å². The Hall–Kier alpha value is -4.16. The highest BCUT2D eigenvalue weighted by Gasteiger charge is 2.40. The number of nitriles is 1. The normalized spacial score (nSPS) is 15.2. The van der Waals surface area contributed by atoms with Crippen LogP contribution in [-0.2, 0) is 14.3 Å². The molecule has 0 spiro atoms. The first kappa shape index (κ1) is 23.0. The lowest BCUT2D eigenvalue weighted by Gasteiger charge is -2.15. The number of methoxy groups -OCH3 is 2. The summed E-state index contributed by atoms with van der Waals surface area (Å²) in [7, 11) is 2.86. The van der Waals surface area contributed by atoms with Gasteiger partial charge in [-0.25, -0.2) is 14.7 Å². The van der Waals surface area contributed by atoms with Crippen molar-refractivity contribution in [1.29, 1.82) is 5.26 Å². The Balaban J connectivity index is 1.57. The van der Waals surface area contributed by atoms with Crippen LogP contribution in [0.5, 0.6) is 5.75 Å². The van der Waals surface area contributed by atoms with Crippen molar-refractivity contribution in [2.24, 2.45) is 0 Å². The summed E-state index contributed by atoms with van der Waals surface area (Å²) in [6, 6.07) is 18.9. The highest BCUT2D eigenvalue weighted by atomic mass is 32.2. The van der Waals surface area contributed by atoms with E-state index in [1.807, 2.05) is 24.3 Å². The summed E-state index contributed by atoms with van der Waals surface area (Å²) in [5.41, 5.74) is 2.47. The molecule has 2 amide bonds. The van der Waals surface area contributed by atoms with Crippen molar-refractivity contribution in [2.45, 2.75) is 16.7 Å².